The Morgan fingerprint density at radius 3 is 2.58 bits per heavy atom. The van der Waals surface area contributed by atoms with E-state index < -0.39 is 10.0 Å². The molecule has 4 aromatic rings. The number of benzene rings is 2. The van der Waals surface area contributed by atoms with Crippen molar-refractivity contribution in [3.8, 4) is 5.75 Å². The minimum Gasteiger partial charge on any atom is -0.491 e. The van der Waals surface area contributed by atoms with Gasteiger partial charge in [0.2, 0.25) is 0 Å². The van der Waals surface area contributed by atoms with Crippen molar-refractivity contribution in [2.45, 2.75) is 28.4 Å². The van der Waals surface area contributed by atoms with E-state index in [1.54, 1.807) is 37.4 Å². The Morgan fingerprint density at radius 1 is 1.09 bits per heavy atom. The molecule has 0 aliphatic carbocycles. The van der Waals surface area contributed by atoms with Crippen LogP contribution in [0.2, 0.25) is 0 Å². The topological polar surface area (TPSA) is 123 Å². The van der Waals surface area contributed by atoms with E-state index in [0.29, 0.717) is 54.4 Å². The van der Waals surface area contributed by atoms with Crippen LogP contribution in [0.5, 0.6) is 5.75 Å². The lowest BCUT2D eigenvalue weighted by molar-refractivity contribution is 0.0740. The number of rotatable bonds is 13. The first-order valence-corrected chi connectivity index (χ1v) is 16.5. The Bertz CT molecular complexity index is 1620. The average Bonchev–Trinajstić information content (AvgIpc) is 3.48. The molecule has 0 bridgehead atoms. The summed E-state index contributed by atoms with van der Waals surface area (Å²) in [5, 5.41) is 3.68. The van der Waals surface area contributed by atoms with Gasteiger partial charge in [-0.1, -0.05) is 36.4 Å². The average molecular weight is 625 g/mol. The molecule has 2 aromatic heterocycles. The van der Waals surface area contributed by atoms with Crippen LogP contribution >= 0.6 is 11.8 Å². The minimum absolute atomic E-state index is 0.0874. The second-order valence-electron chi connectivity index (χ2n) is 10.3. The smallest absolute Gasteiger partial charge is 0.281 e. The van der Waals surface area contributed by atoms with Crippen molar-refractivity contribution >= 4 is 44.3 Å². The van der Waals surface area contributed by atoms with Gasteiger partial charge in [-0.2, -0.15) is 8.42 Å². The van der Waals surface area contributed by atoms with Crippen LogP contribution in [0.4, 0.5) is 5.69 Å². The van der Waals surface area contributed by atoms with E-state index in [4.69, 9.17) is 14.2 Å². The van der Waals surface area contributed by atoms with Gasteiger partial charge in [0.05, 0.1) is 17.8 Å². The Labute approximate surface area is 256 Å². The van der Waals surface area contributed by atoms with E-state index in [0.717, 1.165) is 22.9 Å². The summed E-state index contributed by atoms with van der Waals surface area (Å²) in [6.07, 6.45) is 3.10. The summed E-state index contributed by atoms with van der Waals surface area (Å²) in [5.74, 6) is 1.02. The first-order valence-electron chi connectivity index (χ1n) is 14.0. The van der Waals surface area contributed by atoms with E-state index in [2.05, 4.69) is 27.4 Å². The maximum absolute atomic E-state index is 13.5. The molecular formula is C31H36N4O6S2. The number of H-pyrrole nitrogens is 1. The fourth-order valence-corrected chi connectivity index (χ4v) is 7.35. The Morgan fingerprint density at radius 2 is 1.86 bits per heavy atom. The molecule has 228 valence electrons. The summed E-state index contributed by atoms with van der Waals surface area (Å²) in [6, 6.07) is 20.1. The maximum atomic E-state index is 13.5. The molecule has 12 heteroatoms. The van der Waals surface area contributed by atoms with Gasteiger partial charge < -0.3 is 24.5 Å². The highest BCUT2D eigenvalue weighted by Gasteiger charge is 2.34. The molecule has 10 nitrogen and oxygen atoms in total. The van der Waals surface area contributed by atoms with Gasteiger partial charge in [0.1, 0.15) is 18.1 Å². The molecule has 0 atom stereocenters. The Hall–Kier alpha value is -3.58. The number of methoxy groups -OCH3 is 1. The lowest BCUT2D eigenvalue weighted by Crippen LogP contribution is -2.44. The summed E-state index contributed by atoms with van der Waals surface area (Å²) in [5.41, 5.74) is 2.38. The van der Waals surface area contributed by atoms with Crippen molar-refractivity contribution in [2.24, 2.45) is 0 Å². The van der Waals surface area contributed by atoms with E-state index in [-0.39, 0.29) is 22.3 Å². The minimum atomic E-state index is -3.99. The molecule has 1 aliphatic rings. The van der Waals surface area contributed by atoms with Crippen LogP contribution in [-0.2, 0) is 25.2 Å². The quantitative estimate of drug-likeness (QED) is 0.207. The number of sulfonamides is 1. The van der Waals surface area contributed by atoms with Crippen molar-refractivity contribution in [3.63, 3.8) is 0 Å². The van der Waals surface area contributed by atoms with Crippen LogP contribution in [-0.4, -0.2) is 76.2 Å². The van der Waals surface area contributed by atoms with Gasteiger partial charge >= 0.3 is 0 Å². The highest BCUT2D eigenvalue weighted by Crippen LogP contribution is 2.38. The normalized spacial score (nSPS) is 14.8. The van der Waals surface area contributed by atoms with Gasteiger partial charge in [0.15, 0.2) is 5.03 Å². The van der Waals surface area contributed by atoms with Crippen LogP contribution < -0.4 is 14.4 Å². The van der Waals surface area contributed by atoms with Gasteiger partial charge in [-0.3, -0.25) is 9.10 Å². The fraction of sp³-hybridized carbons (Fsp3) is 0.355. The molecular weight excluding hydrogens is 588 g/mol. The largest absolute Gasteiger partial charge is 0.491 e. The van der Waals surface area contributed by atoms with Crippen LogP contribution in [0.1, 0.15) is 28.9 Å². The zero-order chi connectivity index (χ0) is 30.3. The van der Waals surface area contributed by atoms with E-state index in [1.165, 1.54) is 24.9 Å². The number of fused-ring (bicyclic) bond motifs is 1. The lowest BCUT2D eigenvalue weighted by atomic mass is 9.99. The number of pyridine rings is 1. The summed E-state index contributed by atoms with van der Waals surface area (Å²) >= 11 is 1.85. The second-order valence-corrected chi connectivity index (χ2v) is 13.7. The number of hydrogen-bond acceptors (Lipinski definition) is 8. The molecule has 1 amide bonds. The van der Waals surface area contributed by atoms with Crippen molar-refractivity contribution in [1.29, 1.82) is 0 Å². The summed E-state index contributed by atoms with van der Waals surface area (Å²) < 4.78 is 44.5. The predicted molar refractivity (Wildman–Crippen MR) is 168 cm³/mol. The molecule has 3 heterocycles. The first kappa shape index (κ1) is 30.9. The van der Waals surface area contributed by atoms with Crippen LogP contribution in [0.25, 0.3) is 10.9 Å². The van der Waals surface area contributed by atoms with Crippen molar-refractivity contribution in [2.75, 3.05) is 51.4 Å². The van der Waals surface area contributed by atoms with Gasteiger partial charge in [-0.05, 0) is 42.7 Å². The Balaban J connectivity index is 1.40. The van der Waals surface area contributed by atoms with Gasteiger partial charge in [0, 0.05) is 62.1 Å². The van der Waals surface area contributed by atoms with E-state index >= 15 is 0 Å². The number of aromatic nitrogens is 2. The number of nitrogens with one attached hydrogen (secondary N) is 2. The third-order valence-electron chi connectivity index (χ3n) is 7.45. The molecule has 1 fully saturated rings. The molecule has 43 heavy (non-hydrogen) atoms. The number of carbonyl (C=O) groups is 1. The van der Waals surface area contributed by atoms with Crippen LogP contribution in [0.3, 0.4) is 0 Å². The summed E-state index contributed by atoms with van der Waals surface area (Å²) in [6.45, 7) is 2.43. The SMILES string of the molecule is COCCOc1cc(N(C)S(=O)(=O)c2ccccn2)c2[nH]c(C(=O)NCC3(SCc4ccccc4)CCOCC3)cc2c1. The van der Waals surface area contributed by atoms with Crippen molar-refractivity contribution in [3.05, 3.63) is 84.2 Å². The molecule has 2 N–H and O–H groups in total. The maximum Gasteiger partial charge on any atom is 0.281 e. The number of ether oxygens (including phenoxy) is 3. The number of thioether (sulfide) groups is 1. The number of carbonyl (C=O) groups excluding carboxylic acids is 1. The van der Waals surface area contributed by atoms with Crippen LogP contribution in [0.15, 0.2) is 78.0 Å². The zero-order valence-corrected chi connectivity index (χ0v) is 25.9. The standard InChI is InChI=1S/C31H36N4O6S2/c1-35(43(37,38)28-10-6-7-13-32-28)27-20-25(41-17-16-39-2)18-24-19-26(34-29(24)27)30(36)33-22-31(11-14-40-15-12-31)42-21-23-8-4-3-5-9-23/h3-10,13,18-20,34H,11-12,14-17,21-22H2,1-2H3,(H,33,36). The number of anilines is 1. The molecule has 2 aromatic carbocycles. The highest BCUT2D eigenvalue weighted by atomic mass is 32.2. The van der Waals surface area contributed by atoms with Gasteiger partial charge in [-0.25, -0.2) is 4.98 Å². The van der Waals surface area contributed by atoms with Crippen molar-refractivity contribution < 1.29 is 27.4 Å². The fourth-order valence-electron chi connectivity index (χ4n) is 4.93. The number of aromatic amines is 1. The highest BCUT2D eigenvalue weighted by molar-refractivity contribution is 7.99. The number of hydrogen-bond donors (Lipinski definition) is 2. The molecule has 0 saturated carbocycles. The zero-order valence-electron chi connectivity index (χ0n) is 24.2. The lowest BCUT2D eigenvalue weighted by Gasteiger charge is -2.36. The molecule has 0 radical (unpaired) electrons. The first-order chi connectivity index (χ1) is 20.8. The third-order valence-corrected chi connectivity index (χ3v) is 10.8. The van der Waals surface area contributed by atoms with Gasteiger partial charge in [0.25, 0.3) is 15.9 Å². The van der Waals surface area contributed by atoms with E-state index in [9.17, 15) is 13.2 Å². The molecule has 1 saturated heterocycles. The Kier molecular flexibility index (Phi) is 9.91. The third kappa shape index (κ3) is 7.32. The van der Waals surface area contributed by atoms with Crippen LogP contribution in [0, 0.1) is 0 Å². The number of nitrogens with zero attached hydrogens (tertiary/aromatic N) is 2. The summed E-state index contributed by atoms with van der Waals surface area (Å²) in [7, 11) is -0.960. The van der Waals surface area contributed by atoms with E-state index in [1.807, 2.05) is 30.0 Å². The monoisotopic (exact) mass is 624 g/mol. The van der Waals surface area contributed by atoms with Crippen molar-refractivity contribution in [1.82, 2.24) is 15.3 Å². The second kappa shape index (κ2) is 13.8. The summed E-state index contributed by atoms with van der Waals surface area (Å²) in [4.78, 5) is 20.7. The molecule has 0 spiro atoms. The number of amides is 1. The molecule has 5 rings (SSSR count). The molecule has 0 unspecified atom stereocenters. The van der Waals surface area contributed by atoms with Gasteiger partial charge in [-0.15, -0.1) is 11.8 Å². The molecule has 1 aliphatic heterocycles. The predicted octanol–water partition coefficient (Wildman–Crippen LogP) is 4.63.